The lowest BCUT2D eigenvalue weighted by Crippen LogP contribution is -2.27. The first-order chi connectivity index (χ1) is 16.2. The largest absolute Gasteiger partial charge is 0.494 e. The Morgan fingerprint density at radius 2 is 1.71 bits per heavy atom. The van der Waals surface area contributed by atoms with Gasteiger partial charge in [-0.25, -0.2) is 8.42 Å². The first-order valence-corrected chi connectivity index (χ1v) is 14.0. The van der Waals surface area contributed by atoms with Gasteiger partial charge in [0, 0.05) is 12.1 Å². The molecule has 0 saturated heterocycles. The maximum Gasteiger partial charge on any atom is 0.279 e. The number of rotatable bonds is 8. The van der Waals surface area contributed by atoms with E-state index in [1.165, 1.54) is 12.1 Å². The van der Waals surface area contributed by atoms with Gasteiger partial charge in [-0.3, -0.25) is 4.72 Å². The van der Waals surface area contributed by atoms with Crippen LogP contribution in [0.25, 0.3) is 0 Å². The van der Waals surface area contributed by atoms with E-state index in [0.29, 0.717) is 35.7 Å². The third kappa shape index (κ3) is 5.23. The van der Waals surface area contributed by atoms with Crippen LogP contribution < -0.4 is 9.46 Å². The first kappa shape index (κ1) is 23.8. The quantitative estimate of drug-likeness (QED) is 0.504. The van der Waals surface area contributed by atoms with Gasteiger partial charge in [0.1, 0.15) is 5.75 Å². The Labute approximate surface area is 200 Å². The van der Waals surface area contributed by atoms with Crippen molar-refractivity contribution in [1.82, 2.24) is 4.41 Å². The Morgan fingerprint density at radius 1 is 0.971 bits per heavy atom. The minimum absolute atomic E-state index is 0.137. The van der Waals surface area contributed by atoms with Gasteiger partial charge < -0.3 is 4.74 Å². The van der Waals surface area contributed by atoms with E-state index in [2.05, 4.69) is 9.82 Å². The molecule has 3 aromatic rings. The molecule has 1 aliphatic rings. The lowest BCUT2D eigenvalue weighted by Gasteiger charge is -2.23. The van der Waals surface area contributed by atoms with E-state index in [9.17, 15) is 16.8 Å². The summed E-state index contributed by atoms with van der Waals surface area (Å²) in [5.41, 5.74) is 2.28. The minimum Gasteiger partial charge on any atom is -0.494 e. The van der Waals surface area contributed by atoms with Crippen molar-refractivity contribution in [2.45, 2.75) is 24.3 Å². The second-order valence-corrected chi connectivity index (χ2v) is 11.4. The van der Waals surface area contributed by atoms with E-state index >= 15 is 0 Å². The number of sulfonamides is 2. The number of hydrogen-bond donors (Lipinski definition) is 1. The fraction of sp³-hybridized carbons (Fsp3) is 0.208. The lowest BCUT2D eigenvalue weighted by atomic mass is 9.99. The zero-order valence-corrected chi connectivity index (χ0v) is 20.4. The molecule has 1 aliphatic heterocycles. The maximum atomic E-state index is 13.6. The van der Waals surface area contributed by atoms with Gasteiger partial charge in [0.25, 0.3) is 10.0 Å². The van der Waals surface area contributed by atoms with Crippen LogP contribution in [0.1, 0.15) is 30.5 Å². The standard InChI is InChI=1S/C24H25N3O5S2/c1-3-32-21-12-8-10-19(16-21)24-17-23(18-9-7-11-20(15-18)26-33(2,28)29)25-27(24)34(30,31)22-13-5-4-6-14-22/h4-16,24,26H,3,17H2,1-2H3/t24-/m0/s1. The fourth-order valence-corrected chi connectivity index (χ4v) is 5.80. The topological polar surface area (TPSA) is 105 Å². The van der Waals surface area contributed by atoms with Gasteiger partial charge in [0.15, 0.2) is 0 Å². The van der Waals surface area contributed by atoms with E-state index in [1.807, 2.05) is 31.2 Å². The Bertz CT molecular complexity index is 1420. The van der Waals surface area contributed by atoms with Crippen molar-refractivity contribution in [3.8, 4) is 5.75 Å². The molecule has 1 N–H and O–H groups in total. The van der Waals surface area contributed by atoms with Gasteiger partial charge in [-0.15, -0.1) is 0 Å². The molecular weight excluding hydrogens is 474 g/mol. The molecule has 10 heteroatoms. The van der Waals surface area contributed by atoms with Crippen molar-refractivity contribution in [2.75, 3.05) is 17.6 Å². The summed E-state index contributed by atoms with van der Waals surface area (Å²) in [6, 6.07) is 21.6. The second kappa shape index (κ2) is 9.47. The van der Waals surface area contributed by atoms with Crippen molar-refractivity contribution in [3.63, 3.8) is 0 Å². The van der Waals surface area contributed by atoms with Crippen LogP contribution in [0.5, 0.6) is 5.75 Å². The number of hydrogen-bond acceptors (Lipinski definition) is 6. The fourth-order valence-electron chi connectivity index (χ4n) is 3.79. The Morgan fingerprint density at radius 3 is 2.41 bits per heavy atom. The molecule has 3 aromatic carbocycles. The molecule has 1 atom stereocenters. The van der Waals surface area contributed by atoms with Crippen LogP contribution in [-0.4, -0.2) is 39.8 Å². The van der Waals surface area contributed by atoms with Crippen LogP contribution >= 0.6 is 0 Å². The van der Waals surface area contributed by atoms with E-state index in [-0.39, 0.29) is 4.90 Å². The number of benzene rings is 3. The summed E-state index contributed by atoms with van der Waals surface area (Å²) >= 11 is 0. The Kier molecular flexibility index (Phi) is 6.63. The van der Waals surface area contributed by atoms with E-state index in [1.54, 1.807) is 42.5 Å². The molecule has 0 aromatic heterocycles. The van der Waals surface area contributed by atoms with Crippen molar-refractivity contribution in [2.24, 2.45) is 5.10 Å². The highest BCUT2D eigenvalue weighted by atomic mass is 32.2. The number of ether oxygens (including phenoxy) is 1. The summed E-state index contributed by atoms with van der Waals surface area (Å²) in [6.07, 6.45) is 1.38. The molecule has 0 saturated carbocycles. The number of nitrogens with zero attached hydrogens (tertiary/aromatic N) is 2. The Balaban J connectivity index is 1.78. The molecule has 4 rings (SSSR count). The number of anilines is 1. The SMILES string of the molecule is CCOc1cccc([C@@H]2CC(c3cccc(NS(C)(=O)=O)c3)=NN2S(=O)(=O)c2ccccc2)c1. The highest BCUT2D eigenvalue weighted by Crippen LogP contribution is 2.38. The van der Waals surface area contributed by atoms with E-state index in [4.69, 9.17) is 4.74 Å². The summed E-state index contributed by atoms with van der Waals surface area (Å²) in [4.78, 5) is 0.137. The third-order valence-electron chi connectivity index (χ3n) is 5.21. The van der Waals surface area contributed by atoms with Gasteiger partial charge >= 0.3 is 0 Å². The van der Waals surface area contributed by atoms with Crippen LogP contribution in [0, 0.1) is 0 Å². The van der Waals surface area contributed by atoms with Crippen molar-refractivity contribution >= 4 is 31.4 Å². The summed E-state index contributed by atoms with van der Waals surface area (Å²) in [6.45, 7) is 2.37. The second-order valence-electron chi connectivity index (χ2n) is 7.82. The van der Waals surface area contributed by atoms with Gasteiger partial charge in [-0.1, -0.05) is 42.5 Å². The zero-order chi connectivity index (χ0) is 24.3. The molecule has 0 spiro atoms. The minimum atomic E-state index is -3.95. The normalized spacial score (nSPS) is 16.2. The van der Waals surface area contributed by atoms with Crippen LogP contribution in [0.15, 0.2) is 88.9 Å². The molecule has 0 bridgehead atoms. The maximum absolute atomic E-state index is 13.6. The molecule has 0 aliphatic carbocycles. The average molecular weight is 500 g/mol. The zero-order valence-electron chi connectivity index (χ0n) is 18.7. The van der Waals surface area contributed by atoms with Crippen LogP contribution in [0.3, 0.4) is 0 Å². The molecule has 0 amide bonds. The van der Waals surface area contributed by atoms with Crippen molar-refractivity contribution < 1.29 is 21.6 Å². The van der Waals surface area contributed by atoms with E-state index in [0.717, 1.165) is 16.2 Å². The van der Waals surface area contributed by atoms with Crippen LogP contribution in [0.4, 0.5) is 5.69 Å². The molecule has 178 valence electrons. The summed E-state index contributed by atoms with van der Waals surface area (Å²) in [7, 11) is -7.41. The number of hydrazone groups is 1. The van der Waals surface area contributed by atoms with Gasteiger partial charge in [-0.05, 0) is 54.4 Å². The van der Waals surface area contributed by atoms with Crippen molar-refractivity contribution in [3.05, 3.63) is 90.0 Å². The number of nitrogens with one attached hydrogen (secondary N) is 1. The van der Waals surface area contributed by atoms with Gasteiger partial charge in [0.05, 0.1) is 29.5 Å². The summed E-state index contributed by atoms with van der Waals surface area (Å²) < 4.78 is 59.6. The van der Waals surface area contributed by atoms with E-state index < -0.39 is 26.1 Å². The molecule has 1 heterocycles. The van der Waals surface area contributed by atoms with Gasteiger partial charge in [-0.2, -0.15) is 17.9 Å². The predicted molar refractivity (Wildman–Crippen MR) is 132 cm³/mol. The highest BCUT2D eigenvalue weighted by Gasteiger charge is 2.38. The summed E-state index contributed by atoms with van der Waals surface area (Å²) in [5, 5.41) is 4.52. The monoisotopic (exact) mass is 499 g/mol. The molecule has 0 fully saturated rings. The molecule has 0 unspecified atom stereocenters. The average Bonchev–Trinajstić information content (AvgIpc) is 3.26. The highest BCUT2D eigenvalue weighted by molar-refractivity contribution is 7.92. The molecule has 34 heavy (non-hydrogen) atoms. The smallest absolute Gasteiger partial charge is 0.279 e. The first-order valence-electron chi connectivity index (χ1n) is 10.7. The van der Waals surface area contributed by atoms with Crippen LogP contribution in [-0.2, 0) is 20.0 Å². The van der Waals surface area contributed by atoms with Crippen molar-refractivity contribution in [1.29, 1.82) is 0 Å². The van der Waals surface area contributed by atoms with Crippen LogP contribution in [0.2, 0.25) is 0 Å². The molecular formula is C24H25N3O5S2. The molecule has 0 radical (unpaired) electrons. The third-order valence-corrected chi connectivity index (χ3v) is 7.52. The molecule has 8 nitrogen and oxygen atoms in total. The predicted octanol–water partition coefficient (Wildman–Crippen LogP) is 4.00. The van der Waals surface area contributed by atoms with Gasteiger partial charge in [0.2, 0.25) is 10.0 Å². The lowest BCUT2D eigenvalue weighted by molar-refractivity contribution is 0.336. The summed E-state index contributed by atoms with van der Waals surface area (Å²) in [5.74, 6) is 0.643. The Hall–Kier alpha value is -3.37.